The second kappa shape index (κ2) is 5.75. The Balaban J connectivity index is 1.70. The van der Waals surface area contributed by atoms with Gasteiger partial charge in [0.2, 0.25) is 0 Å². The summed E-state index contributed by atoms with van der Waals surface area (Å²) in [6, 6.07) is 14.6. The predicted octanol–water partition coefficient (Wildman–Crippen LogP) is 3.32. The van der Waals surface area contributed by atoms with Gasteiger partial charge in [-0.25, -0.2) is 0 Å². The summed E-state index contributed by atoms with van der Waals surface area (Å²) in [6.45, 7) is 1.44. The van der Waals surface area contributed by atoms with E-state index in [2.05, 4.69) is 58.0 Å². The van der Waals surface area contributed by atoms with E-state index in [9.17, 15) is 0 Å². The average Bonchev–Trinajstić information content (AvgIpc) is 2.93. The lowest BCUT2D eigenvalue weighted by Crippen LogP contribution is -2.00. The molecule has 0 spiro atoms. The second-order valence-corrected chi connectivity index (χ2v) is 4.78. The number of methoxy groups -OCH3 is 1. The molecule has 0 atom stereocenters. The first-order valence-corrected chi connectivity index (χ1v) is 6.59. The number of nitrogens with one attached hydrogen (secondary N) is 2. The number of benzene rings is 2. The van der Waals surface area contributed by atoms with E-state index < -0.39 is 0 Å². The normalized spacial score (nSPS) is 10.8. The summed E-state index contributed by atoms with van der Waals surface area (Å²) in [6.07, 6.45) is 1.83. The van der Waals surface area contributed by atoms with Crippen LogP contribution in [0.5, 0.6) is 0 Å². The van der Waals surface area contributed by atoms with Gasteiger partial charge >= 0.3 is 0 Å². The summed E-state index contributed by atoms with van der Waals surface area (Å²) >= 11 is 0. The number of anilines is 1. The highest BCUT2D eigenvalue weighted by Crippen LogP contribution is 2.17. The number of rotatable bonds is 5. The summed E-state index contributed by atoms with van der Waals surface area (Å²) < 4.78 is 5.15. The van der Waals surface area contributed by atoms with E-state index in [1.165, 1.54) is 11.1 Å². The summed E-state index contributed by atoms with van der Waals surface area (Å²) in [7, 11) is 1.71. The highest BCUT2D eigenvalue weighted by Gasteiger charge is 1.99. The molecule has 0 aliphatic heterocycles. The lowest BCUT2D eigenvalue weighted by atomic mass is 10.1. The van der Waals surface area contributed by atoms with Crippen molar-refractivity contribution in [3.05, 3.63) is 59.8 Å². The van der Waals surface area contributed by atoms with Crippen molar-refractivity contribution in [1.29, 1.82) is 0 Å². The molecule has 2 aromatic carbocycles. The monoisotopic (exact) mass is 267 g/mol. The fourth-order valence-corrected chi connectivity index (χ4v) is 2.25. The van der Waals surface area contributed by atoms with Gasteiger partial charge in [-0.3, -0.25) is 5.10 Å². The van der Waals surface area contributed by atoms with Gasteiger partial charge in [0.15, 0.2) is 0 Å². The average molecular weight is 267 g/mol. The van der Waals surface area contributed by atoms with Crippen LogP contribution in [-0.2, 0) is 17.9 Å². The van der Waals surface area contributed by atoms with Gasteiger partial charge in [-0.2, -0.15) is 5.10 Å². The molecule has 1 heterocycles. The Morgan fingerprint density at radius 2 is 2.05 bits per heavy atom. The minimum absolute atomic E-state index is 0.647. The maximum absolute atomic E-state index is 5.15. The molecule has 4 heteroatoms. The third-order valence-corrected chi connectivity index (χ3v) is 3.24. The van der Waals surface area contributed by atoms with Gasteiger partial charge in [0.05, 0.1) is 18.3 Å². The molecule has 0 aliphatic rings. The van der Waals surface area contributed by atoms with Crippen LogP contribution in [0.4, 0.5) is 5.69 Å². The van der Waals surface area contributed by atoms with Crippen LogP contribution in [-0.4, -0.2) is 17.3 Å². The summed E-state index contributed by atoms with van der Waals surface area (Å²) in [5.41, 5.74) is 4.56. The molecule has 4 nitrogen and oxygen atoms in total. The molecule has 0 aliphatic carbocycles. The number of hydrogen-bond donors (Lipinski definition) is 2. The summed E-state index contributed by atoms with van der Waals surface area (Å²) in [5.74, 6) is 0. The molecular formula is C16H17N3O. The lowest BCUT2D eigenvalue weighted by Gasteiger charge is -2.08. The standard InChI is InChI=1S/C16H17N3O/c1-20-11-13-4-2-3-12(7-13)9-17-15-6-5-14-10-18-19-16(14)8-15/h2-8,10,17H,9,11H2,1H3,(H,18,19). The Hall–Kier alpha value is -2.33. The molecular weight excluding hydrogens is 250 g/mol. The predicted molar refractivity (Wildman–Crippen MR) is 80.6 cm³/mol. The van der Waals surface area contributed by atoms with Crippen molar-refractivity contribution < 1.29 is 4.74 Å². The third-order valence-electron chi connectivity index (χ3n) is 3.24. The quantitative estimate of drug-likeness (QED) is 0.745. The number of aromatic nitrogens is 2. The Morgan fingerprint density at radius 3 is 2.95 bits per heavy atom. The van der Waals surface area contributed by atoms with Crippen molar-refractivity contribution in [3.8, 4) is 0 Å². The number of hydrogen-bond acceptors (Lipinski definition) is 3. The second-order valence-electron chi connectivity index (χ2n) is 4.78. The topological polar surface area (TPSA) is 49.9 Å². The molecule has 20 heavy (non-hydrogen) atoms. The maximum atomic E-state index is 5.15. The van der Waals surface area contributed by atoms with Crippen molar-refractivity contribution in [2.75, 3.05) is 12.4 Å². The number of aromatic amines is 1. The van der Waals surface area contributed by atoms with Crippen molar-refractivity contribution in [1.82, 2.24) is 10.2 Å². The zero-order valence-corrected chi connectivity index (χ0v) is 11.4. The van der Waals surface area contributed by atoms with Crippen molar-refractivity contribution in [3.63, 3.8) is 0 Å². The zero-order chi connectivity index (χ0) is 13.8. The molecule has 2 N–H and O–H groups in total. The first-order valence-electron chi connectivity index (χ1n) is 6.59. The first-order chi connectivity index (χ1) is 9.85. The Morgan fingerprint density at radius 1 is 1.15 bits per heavy atom. The minimum atomic E-state index is 0.647. The highest BCUT2D eigenvalue weighted by atomic mass is 16.5. The molecule has 0 unspecified atom stereocenters. The van der Waals surface area contributed by atoms with Crippen LogP contribution in [0.1, 0.15) is 11.1 Å². The molecule has 0 saturated carbocycles. The molecule has 3 aromatic rings. The third kappa shape index (κ3) is 2.81. The van der Waals surface area contributed by atoms with Gasteiger partial charge < -0.3 is 10.1 Å². The molecule has 0 radical (unpaired) electrons. The van der Waals surface area contributed by atoms with Crippen LogP contribution in [0.15, 0.2) is 48.7 Å². The zero-order valence-electron chi connectivity index (χ0n) is 11.4. The maximum Gasteiger partial charge on any atom is 0.0713 e. The number of nitrogens with zero attached hydrogens (tertiary/aromatic N) is 1. The van der Waals surface area contributed by atoms with Crippen LogP contribution < -0.4 is 5.32 Å². The van der Waals surface area contributed by atoms with Crippen molar-refractivity contribution >= 4 is 16.6 Å². The van der Waals surface area contributed by atoms with Crippen LogP contribution in [0.3, 0.4) is 0 Å². The van der Waals surface area contributed by atoms with E-state index in [-0.39, 0.29) is 0 Å². The lowest BCUT2D eigenvalue weighted by molar-refractivity contribution is 0.185. The van der Waals surface area contributed by atoms with Crippen molar-refractivity contribution in [2.45, 2.75) is 13.2 Å². The van der Waals surface area contributed by atoms with Gasteiger partial charge in [-0.1, -0.05) is 24.3 Å². The van der Waals surface area contributed by atoms with Crippen LogP contribution in [0, 0.1) is 0 Å². The summed E-state index contributed by atoms with van der Waals surface area (Å²) in [4.78, 5) is 0. The van der Waals surface area contributed by atoms with E-state index >= 15 is 0 Å². The van der Waals surface area contributed by atoms with Gasteiger partial charge in [-0.05, 0) is 29.3 Å². The van der Waals surface area contributed by atoms with Crippen LogP contribution in [0.25, 0.3) is 10.9 Å². The Kier molecular flexibility index (Phi) is 3.65. The molecule has 102 valence electrons. The minimum Gasteiger partial charge on any atom is -0.381 e. The molecule has 0 bridgehead atoms. The van der Waals surface area contributed by atoms with Gasteiger partial charge in [0.25, 0.3) is 0 Å². The van der Waals surface area contributed by atoms with Gasteiger partial charge in [-0.15, -0.1) is 0 Å². The number of H-pyrrole nitrogens is 1. The number of fused-ring (bicyclic) bond motifs is 1. The van der Waals surface area contributed by atoms with Gasteiger partial charge in [0, 0.05) is 24.7 Å². The highest BCUT2D eigenvalue weighted by molar-refractivity contribution is 5.81. The Labute approximate surface area is 117 Å². The first kappa shape index (κ1) is 12.7. The molecule has 1 aromatic heterocycles. The number of ether oxygens (including phenoxy) is 1. The molecule has 0 fully saturated rings. The summed E-state index contributed by atoms with van der Waals surface area (Å²) in [5, 5.41) is 11.5. The molecule has 3 rings (SSSR count). The smallest absolute Gasteiger partial charge is 0.0713 e. The van der Waals surface area contributed by atoms with E-state index in [0.29, 0.717) is 6.61 Å². The van der Waals surface area contributed by atoms with Gasteiger partial charge in [0.1, 0.15) is 0 Å². The fourth-order valence-electron chi connectivity index (χ4n) is 2.25. The van der Waals surface area contributed by atoms with Crippen molar-refractivity contribution in [2.24, 2.45) is 0 Å². The SMILES string of the molecule is COCc1cccc(CNc2ccc3cn[nH]c3c2)c1. The molecule has 0 amide bonds. The van der Waals surface area contributed by atoms with E-state index in [1.807, 2.05) is 6.20 Å². The van der Waals surface area contributed by atoms with E-state index in [1.54, 1.807) is 7.11 Å². The van der Waals surface area contributed by atoms with Crippen LogP contribution >= 0.6 is 0 Å². The van der Waals surface area contributed by atoms with E-state index in [4.69, 9.17) is 4.74 Å². The molecule has 0 saturated heterocycles. The fraction of sp³-hybridized carbons (Fsp3) is 0.188. The largest absolute Gasteiger partial charge is 0.381 e. The Bertz CT molecular complexity index is 706. The van der Waals surface area contributed by atoms with E-state index in [0.717, 1.165) is 23.1 Å². The van der Waals surface area contributed by atoms with Crippen LogP contribution in [0.2, 0.25) is 0 Å².